The quantitative estimate of drug-likeness (QED) is 0.167. The van der Waals surface area contributed by atoms with E-state index in [1.54, 1.807) is 78.9 Å². The highest BCUT2D eigenvalue weighted by Gasteiger charge is 2.40. The first-order valence-corrected chi connectivity index (χ1v) is 12.1. The lowest BCUT2D eigenvalue weighted by Crippen LogP contribution is -2.31. The lowest BCUT2D eigenvalue weighted by molar-refractivity contribution is 0.0482. The number of amides is 2. The molecule has 38 heavy (non-hydrogen) atoms. The van der Waals surface area contributed by atoms with Gasteiger partial charge in [0.05, 0.1) is 34.5 Å². The maximum Gasteiger partial charge on any atom is 0.338 e. The number of aromatic nitrogens is 1. The van der Waals surface area contributed by atoms with Crippen LogP contribution in [-0.4, -0.2) is 52.4 Å². The van der Waals surface area contributed by atoms with Crippen molar-refractivity contribution in [2.24, 2.45) is 0 Å². The molecule has 1 aliphatic carbocycles. The van der Waals surface area contributed by atoms with Crippen molar-refractivity contribution in [3.63, 3.8) is 0 Å². The van der Waals surface area contributed by atoms with Gasteiger partial charge >= 0.3 is 5.97 Å². The minimum atomic E-state index is -0.969. The molecule has 2 aliphatic rings. The largest absolute Gasteiger partial charge is 0.462 e. The molecule has 0 fully saturated rings. The average molecular weight is 504 g/mol. The number of benzene rings is 3. The number of ketones is 2. The van der Waals surface area contributed by atoms with E-state index in [0.29, 0.717) is 50.8 Å². The van der Waals surface area contributed by atoms with Crippen LogP contribution in [0.25, 0.3) is 10.9 Å². The topological polar surface area (TPSA) is 111 Å². The Hall–Kier alpha value is -4.98. The predicted molar refractivity (Wildman–Crippen MR) is 136 cm³/mol. The lowest BCUT2D eigenvalue weighted by Gasteiger charge is -2.13. The van der Waals surface area contributed by atoms with Crippen LogP contribution in [0.5, 0.6) is 0 Å². The third kappa shape index (κ3) is 3.78. The zero-order valence-electron chi connectivity index (χ0n) is 20.0. The van der Waals surface area contributed by atoms with E-state index in [2.05, 4.69) is 4.98 Å². The van der Waals surface area contributed by atoms with Gasteiger partial charge in [0.15, 0.2) is 11.6 Å². The first-order chi connectivity index (χ1) is 18.4. The number of Topliss-reactive ketones (excluding diaryl/α,β-unsaturated/α-hetero) is 2. The van der Waals surface area contributed by atoms with Gasteiger partial charge in [0, 0.05) is 23.1 Å². The van der Waals surface area contributed by atoms with Crippen LogP contribution >= 0.6 is 0 Å². The summed E-state index contributed by atoms with van der Waals surface area (Å²) in [5.41, 5.74) is 2.81. The molecule has 8 heteroatoms. The Labute approximate surface area is 216 Å². The normalized spacial score (nSPS) is 14.8. The fourth-order valence-corrected chi connectivity index (χ4v) is 4.95. The summed E-state index contributed by atoms with van der Waals surface area (Å²) in [7, 11) is 0. The van der Waals surface area contributed by atoms with E-state index in [-0.39, 0.29) is 36.5 Å². The highest BCUT2D eigenvalue weighted by molar-refractivity contribution is 6.29. The molecule has 0 spiro atoms. The Balaban J connectivity index is 1.10. The maximum absolute atomic E-state index is 12.8. The van der Waals surface area contributed by atoms with E-state index in [1.165, 1.54) is 0 Å². The molecular formula is C30H20N2O6. The predicted octanol–water partition coefficient (Wildman–Crippen LogP) is 4.24. The first kappa shape index (κ1) is 23.4. The van der Waals surface area contributed by atoms with Crippen LogP contribution in [0.1, 0.15) is 69.8 Å². The summed E-state index contributed by atoms with van der Waals surface area (Å²) in [6.07, 6.45) is 0.307. The number of imide groups is 1. The van der Waals surface area contributed by atoms with Gasteiger partial charge in [0.1, 0.15) is 5.92 Å². The van der Waals surface area contributed by atoms with Crippen molar-refractivity contribution in [1.82, 2.24) is 9.88 Å². The highest BCUT2D eigenvalue weighted by atomic mass is 16.5. The summed E-state index contributed by atoms with van der Waals surface area (Å²) in [4.78, 5) is 68.8. The van der Waals surface area contributed by atoms with Crippen molar-refractivity contribution >= 4 is 40.3 Å². The van der Waals surface area contributed by atoms with Crippen molar-refractivity contribution in [3.05, 3.63) is 112 Å². The second kappa shape index (κ2) is 9.15. The van der Waals surface area contributed by atoms with Crippen LogP contribution < -0.4 is 0 Å². The summed E-state index contributed by atoms with van der Waals surface area (Å²) in [5, 5.41) is 0.657. The van der Waals surface area contributed by atoms with Crippen LogP contribution in [0.15, 0.2) is 78.9 Å². The fourth-order valence-electron chi connectivity index (χ4n) is 4.95. The summed E-state index contributed by atoms with van der Waals surface area (Å²) in [6, 6.07) is 21.6. The Kier molecular flexibility index (Phi) is 5.64. The Morgan fingerprint density at radius 2 is 1.37 bits per heavy atom. The third-order valence-electron chi connectivity index (χ3n) is 6.86. The molecule has 0 radical (unpaired) electrons. The molecule has 186 valence electrons. The zero-order chi connectivity index (χ0) is 26.4. The minimum Gasteiger partial charge on any atom is -0.462 e. The van der Waals surface area contributed by atoms with Gasteiger partial charge < -0.3 is 4.74 Å². The summed E-state index contributed by atoms with van der Waals surface area (Å²) in [5.74, 6) is -2.73. The van der Waals surface area contributed by atoms with Gasteiger partial charge in [-0.25, -0.2) is 4.79 Å². The second-order valence-corrected chi connectivity index (χ2v) is 9.15. The molecule has 0 atom stereocenters. The molecule has 0 saturated heterocycles. The first-order valence-electron chi connectivity index (χ1n) is 12.1. The standard InChI is InChI=1S/C30H20N2O6/c33-26-19-6-1-2-7-20(19)27(34)25(26)24-13-10-17-16-18(11-12-23(17)31-24)30(37)38-15-5-14-32-28(35)21-8-3-4-9-22(21)29(32)36/h1-4,6-13,16,25H,5,14-15H2. The number of esters is 1. The monoisotopic (exact) mass is 504 g/mol. The van der Waals surface area contributed by atoms with Crippen LogP contribution in [0.4, 0.5) is 0 Å². The number of hydrogen-bond donors (Lipinski definition) is 0. The highest BCUT2D eigenvalue weighted by Crippen LogP contribution is 2.33. The van der Waals surface area contributed by atoms with E-state index in [9.17, 15) is 24.0 Å². The number of hydrogen-bond acceptors (Lipinski definition) is 7. The van der Waals surface area contributed by atoms with E-state index >= 15 is 0 Å². The molecule has 3 aromatic carbocycles. The molecule has 1 aliphatic heterocycles. The van der Waals surface area contributed by atoms with E-state index in [0.717, 1.165) is 4.90 Å². The van der Waals surface area contributed by atoms with Crippen molar-refractivity contribution < 1.29 is 28.7 Å². The minimum absolute atomic E-state index is 0.0356. The average Bonchev–Trinajstić information content (AvgIpc) is 3.35. The number of carbonyl (C=O) groups excluding carboxylic acids is 5. The van der Waals surface area contributed by atoms with Crippen molar-refractivity contribution in [3.8, 4) is 0 Å². The van der Waals surface area contributed by atoms with Crippen LogP contribution in [0.2, 0.25) is 0 Å². The van der Waals surface area contributed by atoms with E-state index in [4.69, 9.17) is 4.74 Å². The Morgan fingerprint density at radius 1 is 0.763 bits per heavy atom. The molecule has 2 amide bonds. The van der Waals surface area contributed by atoms with Gasteiger partial charge in [-0.3, -0.25) is 29.1 Å². The molecule has 0 saturated carbocycles. The fraction of sp³-hybridized carbons (Fsp3) is 0.133. The molecule has 0 unspecified atom stereocenters. The lowest BCUT2D eigenvalue weighted by atomic mass is 9.98. The zero-order valence-corrected chi connectivity index (χ0v) is 20.0. The van der Waals surface area contributed by atoms with Crippen molar-refractivity contribution in [2.75, 3.05) is 13.2 Å². The third-order valence-corrected chi connectivity index (χ3v) is 6.86. The number of fused-ring (bicyclic) bond motifs is 3. The molecular weight excluding hydrogens is 484 g/mol. The van der Waals surface area contributed by atoms with Crippen molar-refractivity contribution in [1.29, 1.82) is 0 Å². The summed E-state index contributed by atoms with van der Waals surface area (Å²) < 4.78 is 5.36. The smallest absolute Gasteiger partial charge is 0.338 e. The Bertz CT molecular complexity index is 1620. The molecule has 8 nitrogen and oxygen atoms in total. The van der Waals surface area contributed by atoms with Gasteiger partial charge in [-0.1, -0.05) is 42.5 Å². The second-order valence-electron chi connectivity index (χ2n) is 9.15. The van der Waals surface area contributed by atoms with Gasteiger partial charge in [-0.2, -0.15) is 0 Å². The number of carbonyl (C=O) groups is 5. The Morgan fingerprint density at radius 3 is 2.00 bits per heavy atom. The number of pyridine rings is 1. The van der Waals surface area contributed by atoms with E-state index in [1.807, 2.05) is 0 Å². The SMILES string of the molecule is O=C(OCCCN1C(=O)c2ccccc2C1=O)c1ccc2nc(C3C(=O)c4ccccc4C3=O)ccc2c1. The molecule has 2 heterocycles. The molecule has 4 aromatic rings. The maximum atomic E-state index is 12.8. The van der Waals surface area contributed by atoms with Crippen LogP contribution in [-0.2, 0) is 4.74 Å². The van der Waals surface area contributed by atoms with Crippen LogP contribution in [0, 0.1) is 0 Å². The number of nitrogens with zero attached hydrogens (tertiary/aromatic N) is 2. The van der Waals surface area contributed by atoms with Crippen LogP contribution in [0.3, 0.4) is 0 Å². The summed E-state index contributed by atoms with van der Waals surface area (Å²) in [6.45, 7) is 0.181. The molecule has 6 rings (SSSR count). The van der Waals surface area contributed by atoms with Gasteiger partial charge in [-0.15, -0.1) is 0 Å². The van der Waals surface area contributed by atoms with Gasteiger partial charge in [0.2, 0.25) is 0 Å². The number of rotatable bonds is 6. The van der Waals surface area contributed by atoms with E-state index < -0.39 is 11.9 Å². The molecule has 1 aromatic heterocycles. The van der Waals surface area contributed by atoms with Gasteiger partial charge in [-0.05, 0) is 42.8 Å². The molecule has 0 N–H and O–H groups in total. The summed E-state index contributed by atoms with van der Waals surface area (Å²) >= 11 is 0. The number of ether oxygens (including phenoxy) is 1. The van der Waals surface area contributed by atoms with Gasteiger partial charge in [0.25, 0.3) is 11.8 Å². The molecule has 0 bridgehead atoms. The van der Waals surface area contributed by atoms with Crippen molar-refractivity contribution in [2.45, 2.75) is 12.3 Å².